The third-order valence-corrected chi connectivity index (χ3v) is 3.42. The highest BCUT2D eigenvalue weighted by Crippen LogP contribution is 2.22. The van der Waals surface area contributed by atoms with Gasteiger partial charge in [0.1, 0.15) is 5.75 Å². The minimum absolute atomic E-state index is 0.267. The Morgan fingerprint density at radius 3 is 2.40 bits per heavy atom. The third kappa shape index (κ3) is 2.65. The molecule has 0 saturated carbocycles. The van der Waals surface area contributed by atoms with Gasteiger partial charge in [-0.15, -0.1) is 0 Å². The molecule has 1 heterocycles. The molecule has 1 N–H and O–H groups in total. The van der Waals surface area contributed by atoms with Crippen LogP contribution in [-0.2, 0) is 6.54 Å². The van der Waals surface area contributed by atoms with Crippen LogP contribution in [0.15, 0.2) is 60.8 Å². The van der Waals surface area contributed by atoms with Crippen LogP contribution in [0.25, 0.3) is 5.70 Å². The van der Waals surface area contributed by atoms with E-state index in [-0.39, 0.29) is 5.75 Å². The largest absolute Gasteiger partial charge is 0.508 e. The number of hydrogen-bond donors (Lipinski definition) is 1. The zero-order valence-electron chi connectivity index (χ0n) is 10.7. The molecule has 20 heavy (non-hydrogen) atoms. The van der Waals surface area contributed by atoms with Gasteiger partial charge < -0.3 is 10.0 Å². The van der Waals surface area contributed by atoms with Crippen molar-refractivity contribution in [2.24, 2.45) is 0 Å². The molecule has 99 valence electrons. The van der Waals surface area contributed by atoms with Crippen molar-refractivity contribution in [2.45, 2.75) is 6.54 Å². The van der Waals surface area contributed by atoms with Gasteiger partial charge in [0.05, 0.1) is 5.70 Å². The first kappa shape index (κ1) is 12.7. The van der Waals surface area contributed by atoms with Crippen molar-refractivity contribution in [2.75, 3.05) is 0 Å². The van der Waals surface area contributed by atoms with Crippen molar-refractivity contribution in [3.8, 4) is 5.75 Å². The van der Waals surface area contributed by atoms with Crippen LogP contribution in [0, 0.1) is 0 Å². The SMILES string of the molecule is Oc1ccc(CN2C=C(c3ccccc3)[N]C2=S)cc1. The summed E-state index contributed by atoms with van der Waals surface area (Å²) in [6.07, 6.45) is 1.96. The molecule has 0 atom stereocenters. The molecule has 2 aromatic rings. The fourth-order valence-corrected chi connectivity index (χ4v) is 2.27. The van der Waals surface area contributed by atoms with Gasteiger partial charge in [0.25, 0.3) is 0 Å². The van der Waals surface area contributed by atoms with Crippen LogP contribution >= 0.6 is 12.2 Å². The second kappa shape index (κ2) is 5.35. The topological polar surface area (TPSA) is 37.6 Å². The highest BCUT2D eigenvalue weighted by Gasteiger charge is 2.20. The van der Waals surface area contributed by atoms with Crippen molar-refractivity contribution in [1.82, 2.24) is 10.2 Å². The van der Waals surface area contributed by atoms with E-state index in [9.17, 15) is 5.11 Å². The smallest absolute Gasteiger partial charge is 0.200 e. The molecule has 1 aliphatic rings. The van der Waals surface area contributed by atoms with E-state index < -0.39 is 0 Å². The van der Waals surface area contributed by atoms with Gasteiger partial charge in [-0.05, 0) is 29.9 Å². The first-order valence-corrected chi connectivity index (χ1v) is 6.71. The zero-order valence-corrected chi connectivity index (χ0v) is 11.5. The van der Waals surface area contributed by atoms with Gasteiger partial charge in [-0.2, -0.15) is 0 Å². The fraction of sp³-hybridized carbons (Fsp3) is 0.0625. The Morgan fingerprint density at radius 2 is 1.70 bits per heavy atom. The summed E-state index contributed by atoms with van der Waals surface area (Å²) in [6, 6.07) is 17.1. The standard InChI is InChI=1S/C16H13N2OS/c19-14-8-6-12(7-9-14)10-18-11-15(17-16(18)20)13-4-2-1-3-5-13/h1-9,11,19H,10H2. The third-order valence-electron chi connectivity index (χ3n) is 3.10. The van der Waals surface area contributed by atoms with Crippen LogP contribution in [0.5, 0.6) is 5.75 Å². The lowest BCUT2D eigenvalue weighted by Crippen LogP contribution is -2.23. The lowest BCUT2D eigenvalue weighted by molar-refractivity contribution is 0.474. The summed E-state index contributed by atoms with van der Waals surface area (Å²) in [4.78, 5) is 1.93. The summed E-state index contributed by atoms with van der Waals surface area (Å²) < 4.78 is 0. The summed E-state index contributed by atoms with van der Waals surface area (Å²) in [5.74, 6) is 0.267. The minimum atomic E-state index is 0.267. The van der Waals surface area contributed by atoms with Gasteiger partial charge in [-0.1, -0.05) is 42.5 Å². The van der Waals surface area contributed by atoms with Crippen LogP contribution < -0.4 is 5.32 Å². The molecule has 1 aliphatic heterocycles. The molecule has 2 aromatic carbocycles. The molecule has 0 saturated heterocycles. The Balaban J connectivity index is 1.79. The molecule has 3 nitrogen and oxygen atoms in total. The first-order chi connectivity index (χ1) is 9.72. The quantitative estimate of drug-likeness (QED) is 0.878. The maximum absolute atomic E-state index is 9.29. The first-order valence-electron chi connectivity index (χ1n) is 6.30. The maximum atomic E-state index is 9.29. The van der Waals surface area contributed by atoms with E-state index in [0.717, 1.165) is 16.8 Å². The Labute approximate surface area is 123 Å². The molecule has 3 rings (SSSR count). The van der Waals surface area contributed by atoms with E-state index in [1.54, 1.807) is 12.1 Å². The van der Waals surface area contributed by atoms with Crippen molar-refractivity contribution in [3.63, 3.8) is 0 Å². The average molecular weight is 281 g/mol. The predicted octanol–water partition coefficient (Wildman–Crippen LogP) is 3.10. The molecule has 0 amide bonds. The second-order valence-corrected chi connectivity index (χ2v) is 4.93. The van der Waals surface area contributed by atoms with E-state index in [2.05, 4.69) is 5.32 Å². The van der Waals surface area contributed by atoms with E-state index >= 15 is 0 Å². The second-order valence-electron chi connectivity index (χ2n) is 4.57. The maximum Gasteiger partial charge on any atom is 0.200 e. The molecule has 0 fully saturated rings. The minimum Gasteiger partial charge on any atom is -0.508 e. The molecule has 0 aliphatic carbocycles. The van der Waals surface area contributed by atoms with E-state index in [1.165, 1.54) is 0 Å². The number of phenolic OH excluding ortho intramolecular Hbond substituents is 1. The summed E-state index contributed by atoms with van der Waals surface area (Å²) in [7, 11) is 0. The predicted molar refractivity (Wildman–Crippen MR) is 82.8 cm³/mol. The monoisotopic (exact) mass is 281 g/mol. The van der Waals surface area contributed by atoms with E-state index in [1.807, 2.05) is 53.6 Å². The van der Waals surface area contributed by atoms with Crippen LogP contribution in [0.2, 0.25) is 0 Å². The summed E-state index contributed by atoms with van der Waals surface area (Å²) in [6.45, 7) is 0.652. The van der Waals surface area contributed by atoms with Crippen LogP contribution in [-0.4, -0.2) is 15.1 Å². The molecule has 4 heteroatoms. The van der Waals surface area contributed by atoms with Gasteiger partial charge in [0.2, 0.25) is 0 Å². The van der Waals surface area contributed by atoms with Crippen molar-refractivity contribution in [1.29, 1.82) is 0 Å². The number of thiocarbonyl (C=S) groups is 1. The van der Waals surface area contributed by atoms with Gasteiger partial charge >= 0.3 is 0 Å². The van der Waals surface area contributed by atoms with Crippen LogP contribution in [0.3, 0.4) is 0 Å². The Kier molecular flexibility index (Phi) is 3.39. The number of hydrogen-bond acceptors (Lipinski definition) is 2. The molecule has 1 radical (unpaired) electrons. The van der Waals surface area contributed by atoms with Crippen molar-refractivity contribution in [3.05, 3.63) is 71.9 Å². The molecule has 0 unspecified atom stereocenters. The highest BCUT2D eigenvalue weighted by atomic mass is 32.1. The lowest BCUT2D eigenvalue weighted by Gasteiger charge is -2.13. The summed E-state index contributed by atoms with van der Waals surface area (Å²) in [5.41, 5.74) is 3.02. The molecule has 0 bridgehead atoms. The number of nitrogens with zero attached hydrogens (tertiary/aromatic N) is 2. The number of phenols is 1. The van der Waals surface area contributed by atoms with Gasteiger partial charge in [-0.3, -0.25) is 0 Å². The molecule has 0 aromatic heterocycles. The number of aromatic hydroxyl groups is 1. The normalized spacial score (nSPS) is 14.1. The Morgan fingerprint density at radius 1 is 1.00 bits per heavy atom. The van der Waals surface area contributed by atoms with E-state index in [4.69, 9.17) is 12.2 Å². The molecule has 0 spiro atoms. The molecular weight excluding hydrogens is 268 g/mol. The molecular formula is C16H13N2OS. The van der Waals surface area contributed by atoms with Crippen molar-refractivity contribution >= 4 is 23.0 Å². The highest BCUT2D eigenvalue weighted by molar-refractivity contribution is 7.80. The van der Waals surface area contributed by atoms with Crippen molar-refractivity contribution < 1.29 is 5.11 Å². The van der Waals surface area contributed by atoms with Crippen LogP contribution in [0.4, 0.5) is 0 Å². The van der Waals surface area contributed by atoms with Gasteiger partial charge in [0.15, 0.2) is 5.11 Å². The van der Waals surface area contributed by atoms with Gasteiger partial charge in [-0.25, -0.2) is 5.32 Å². The summed E-state index contributed by atoms with van der Waals surface area (Å²) in [5, 5.41) is 14.3. The average Bonchev–Trinajstić information content (AvgIpc) is 2.84. The van der Waals surface area contributed by atoms with E-state index in [0.29, 0.717) is 11.7 Å². The fourth-order valence-electron chi connectivity index (χ4n) is 2.06. The van der Waals surface area contributed by atoms with Gasteiger partial charge in [0, 0.05) is 18.3 Å². The number of rotatable bonds is 3. The van der Waals surface area contributed by atoms with Crippen LogP contribution in [0.1, 0.15) is 11.1 Å². The summed E-state index contributed by atoms with van der Waals surface area (Å²) >= 11 is 5.30. The Hall–Kier alpha value is -2.33. The number of benzene rings is 2. The Bertz CT molecular complexity index is 650. The lowest BCUT2D eigenvalue weighted by atomic mass is 10.2. The zero-order chi connectivity index (χ0) is 13.9.